The van der Waals surface area contributed by atoms with E-state index in [1.54, 1.807) is 6.07 Å². The molecule has 172 valence electrons. The second-order valence-corrected chi connectivity index (χ2v) is 8.07. The van der Waals surface area contributed by atoms with Crippen molar-refractivity contribution in [2.45, 2.75) is 31.1 Å². The lowest BCUT2D eigenvalue weighted by molar-refractivity contribution is -0.117. The van der Waals surface area contributed by atoms with Crippen LogP contribution in [0.2, 0.25) is 0 Å². The molecule has 2 aromatic heterocycles. The number of phosphoric ester groups is 1. The lowest BCUT2D eigenvalue weighted by Gasteiger charge is -2.20. The number of nitrogens with one attached hydrogen (secondary N) is 2. The van der Waals surface area contributed by atoms with Crippen LogP contribution in [0, 0.1) is 5.82 Å². The number of hydrogen-bond donors (Lipinski definition) is 6. The summed E-state index contributed by atoms with van der Waals surface area (Å²) in [6.07, 6.45) is -3.23. The zero-order valence-electron chi connectivity index (χ0n) is 16.2. The highest BCUT2D eigenvalue weighted by atomic mass is 31.2. The number of imidazole rings is 1. The molecule has 0 aliphatic carbocycles. The van der Waals surface area contributed by atoms with E-state index >= 15 is 0 Å². The lowest BCUT2D eigenvalue weighted by Crippen LogP contribution is -2.36. The van der Waals surface area contributed by atoms with Crippen molar-refractivity contribution in [2.24, 2.45) is 0 Å². The zero-order valence-corrected chi connectivity index (χ0v) is 17.1. The highest BCUT2D eigenvalue weighted by Gasteiger charge is 2.45. The molecular formula is C17H19FN5O8P. The van der Waals surface area contributed by atoms with Crippen molar-refractivity contribution < 1.29 is 43.0 Å². The monoisotopic (exact) mass is 471 g/mol. The molecule has 1 saturated heterocycles. The van der Waals surface area contributed by atoms with E-state index < -0.39 is 44.8 Å². The molecule has 13 nitrogen and oxygen atoms in total. The number of nitrogens with zero attached hydrogens (tertiary/aromatic N) is 3. The average molecular weight is 471 g/mol. The highest BCUT2D eigenvalue weighted by molar-refractivity contribution is 7.46. The Balaban J connectivity index is 1.48. The first-order chi connectivity index (χ1) is 15.2. The van der Waals surface area contributed by atoms with Gasteiger partial charge in [0.25, 0.3) is 0 Å². The summed E-state index contributed by atoms with van der Waals surface area (Å²) in [6.45, 7) is -0.643. The van der Waals surface area contributed by atoms with Gasteiger partial charge in [0.1, 0.15) is 30.2 Å². The number of rotatable bonds is 8. The van der Waals surface area contributed by atoms with E-state index in [1.807, 2.05) is 0 Å². The topological polar surface area (TPSA) is 192 Å². The van der Waals surface area contributed by atoms with Gasteiger partial charge in [-0.3, -0.25) is 4.52 Å². The molecule has 1 aromatic carbocycles. The van der Waals surface area contributed by atoms with Gasteiger partial charge in [0.05, 0.1) is 12.9 Å². The molecule has 1 fully saturated rings. The van der Waals surface area contributed by atoms with Gasteiger partial charge in [-0.15, -0.1) is 0 Å². The standard InChI is InChI=1S/C17H19FN5O8P/c18-9-3-1-2-8(4-19-15-11-16(21-6-20-11)23-7-22-15)14(9)31-17-13(25)12(24)10(30-17)5-29-32(26,27)28/h1-3,6-7,10,12-13,17,24-25H,4-5H2,(H2,26,27,28)(H2,19,20,21,22,23)/t10-,12-,13-,17?/m1/s1. The van der Waals surface area contributed by atoms with Crippen LogP contribution >= 0.6 is 7.82 Å². The third kappa shape index (κ3) is 4.86. The average Bonchev–Trinajstić information content (AvgIpc) is 3.33. The Kier molecular flexibility index (Phi) is 6.35. The summed E-state index contributed by atoms with van der Waals surface area (Å²) in [7, 11) is -4.82. The second kappa shape index (κ2) is 9.03. The quantitative estimate of drug-likeness (QED) is 0.242. The van der Waals surface area contributed by atoms with E-state index in [-0.39, 0.29) is 12.3 Å². The van der Waals surface area contributed by atoms with Crippen LogP contribution in [-0.2, 0) is 20.4 Å². The maximum atomic E-state index is 14.5. The van der Waals surface area contributed by atoms with Crippen LogP contribution in [0.25, 0.3) is 11.2 Å². The van der Waals surface area contributed by atoms with Gasteiger partial charge in [0.15, 0.2) is 23.0 Å². The molecule has 32 heavy (non-hydrogen) atoms. The number of fused-ring (bicyclic) bond motifs is 1. The van der Waals surface area contributed by atoms with Gasteiger partial charge in [0, 0.05) is 12.1 Å². The predicted molar refractivity (Wildman–Crippen MR) is 105 cm³/mol. The number of anilines is 1. The molecule has 6 N–H and O–H groups in total. The Bertz CT molecular complexity index is 1140. The largest absolute Gasteiger partial charge is 0.469 e. The molecule has 0 amide bonds. The van der Waals surface area contributed by atoms with Crippen LogP contribution in [-0.4, -0.2) is 71.1 Å². The Morgan fingerprint density at radius 3 is 2.81 bits per heavy atom. The fraction of sp³-hybridized carbons (Fsp3) is 0.353. The van der Waals surface area contributed by atoms with Gasteiger partial charge < -0.3 is 39.8 Å². The smallest absolute Gasteiger partial charge is 0.459 e. The van der Waals surface area contributed by atoms with E-state index in [9.17, 15) is 19.2 Å². The molecule has 1 aliphatic heterocycles. The van der Waals surface area contributed by atoms with Crippen LogP contribution < -0.4 is 10.1 Å². The number of benzene rings is 1. The van der Waals surface area contributed by atoms with E-state index in [0.29, 0.717) is 22.5 Å². The first-order valence-corrected chi connectivity index (χ1v) is 10.8. The van der Waals surface area contributed by atoms with Gasteiger partial charge in [-0.1, -0.05) is 12.1 Å². The summed E-state index contributed by atoms with van der Waals surface area (Å²) >= 11 is 0. The Morgan fingerprint density at radius 1 is 1.22 bits per heavy atom. The van der Waals surface area contributed by atoms with E-state index in [2.05, 4.69) is 29.8 Å². The van der Waals surface area contributed by atoms with Crippen LogP contribution in [0.15, 0.2) is 30.9 Å². The van der Waals surface area contributed by atoms with Crippen LogP contribution in [0.5, 0.6) is 5.75 Å². The number of aliphatic hydroxyl groups excluding tert-OH is 2. The number of aromatic nitrogens is 4. The molecule has 0 spiro atoms. The highest BCUT2D eigenvalue weighted by Crippen LogP contribution is 2.37. The summed E-state index contributed by atoms with van der Waals surface area (Å²) in [6, 6.07) is 4.17. The van der Waals surface area contributed by atoms with Gasteiger partial charge in [-0.05, 0) is 6.07 Å². The molecule has 1 unspecified atom stereocenters. The van der Waals surface area contributed by atoms with Crippen molar-refractivity contribution in [1.82, 2.24) is 19.9 Å². The van der Waals surface area contributed by atoms with Crippen molar-refractivity contribution >= 4 is 24.8 Å². The number of ether oxygens (including phenoxy) is 2. The zero-order chi connectivity index (χ0) is 22.9. The van der Waals surface area contributed by atoms with Crippen molar-refractivity contribution in [2.75, 3.05) is 11.9 Å². The minimum Gasteiger partial charge on any atom is -0.459 e. The van der Waals surface area contributed by atoms with Gasteiger partial charge in [-0.2, -0.15) is 0 Å². The maximum absolute atomic E-state index is 14.5. The van der Waals surface area contributed by atoms with Crippen molar-refractivity contribution in [3.8, 4) is 5.75 Å². The van der Waals surface area contributed by atoms with Crippen molar-refractivity contribution in [3.05, 3.63) is 42.2 Å². The molecule has 3 heterocycles. The number of H-pyrrole nitrogens is 1. The number of phosphoric acid groups is 1. The minimum atomic E-state index is -4.82. The third-order valence-corrected chi connectivity index (χ3v) is 5.16. The minimum absolute atomic E-state index is 0.0638. The molecular weight excluding hydrogens is 452 g/mol. The molecule has 0 saturated carbocycles. The van der Waals surface area contributed by atoms with Crippen LogP contribution in [0.1, 0.15) is 5.56 Å². The van der Waals surface area contributed by atoms with E-state index in [4.69, 9.17) is 19.3 Å². The number of hydrogen-bond acceptors (Lipinski definition) is 10. The lowest BCUT2D eigenvalue weighted by atomic mass is 10.1. The number of aliphatic hydroxyl groups is 2. The second-order valence-electron chi connectivity index (χ2n) is 6.83. The summed E-state index contributed by atoms with van der Waals surface area (Å²) < 4.78 is 40.5. The third-order valence-electron chi connectivity index (χ3n) is 4.68. The number of halogens is 1. The molecule has 0 radical (unpaired) electrons. The molecule has 4 atom stereocenters. The Labute approximate surface area is 179 Å². The van der Waals surface area contributed by atoms with E-state index in [1.165, 1.54) is 18.7 Å². The Hall–Kier alpha value is -2.71. The van der Waals surface area contributed by atoms with E-state index in [0.717, 1.165) is 6.07 Å². The molecule has 4 rings (SSSR count). The first kappa shape index (κ1) is 22.5. The summed E-state index contributed by atoms with van der Waals surface area (Å²) in [5.74, 6) is -0.577. The predicted octanol–water partition coefficient (Wildman–Crippen LogP) is 0.0389. The summed E-state index contributed by atoms with van der Waals surface area (Å²) in [5.41, 5.74) is 1.34. The summed E-state index contributed by atoms with van der Waals surface area (Å²) in [5, 5.41) is 23.3. The Morgan fingerprint density at radius 2 is 2.03 bits per heavy atom. The van der Waals surface area contributed by atoms with Crippen LogP contribution in [0.3, 0.4) is 0 Å². The summed E-state index contributed by atoms with van der Waals surface area (Å²) in [4.78, 5) is 32.6. The normalized spacial score (nSPS) is 23.5. The first-order valence-electron chi connectivity index (χ1n) is 9.26. The SMILES string of the molecule is O=P(O)(O)OC[C@H]1OC(Oc2c(F)cccc2CNc2ncnc3nc[nH]c23)[C@H](O)[C@@H]1O. The van der Waals surface area contributed by atoms with Crippen LogP contribution in [0.4, 0.5) is 10.2 Å². The fourth-order valence-corrected chi connectivity index (χ4v) is 3.48. The molecule has 3 aromatic rings. The van der Waals surface area contributed by atoms with Gasteiger partial charge in [-0.25, -0.2) is 23.9 Å². The van der Waals surface area contributed by atoms with Crippen molar-refractivity contribution in [3.63, 3.8) is 0 Å². The maximum Gasteiger partial charge on any atom is 0.469 e. The number of para-hydroxylation sites is 1. The fourth-order valence-electron chi connectivity index (χ4n) is 3.14. The molecule has 0 bridgehead atoms. The van der Waals surface area contributed by atoms with Crippen molar-refractivity contribution in [1.29, 1.82) is 0 Å². The van der Waals surface area contributed by atoms with Gasteiger partial charge in [0.2, 0.25) is 6.29 Å². The molecule has 15 heteroatoms. The number of aromatic amines is 1. The van der Waals surface area contributed by atoms with Gasteiger partial charge >= 0.3 is 7.82 Å². The molecule has 1 aliphatic rings.